The van der Waals surface area contributed by atoms with Crippen molar-refractivity contribution in [1.82, 2.24) is 10.2 Å². The van der Waals surface area contributed by atoms with Gasteiger partial charge in [-0.25, -0.2) is 4.79 Å². The molecule has 0 radical (unpaired) electrons. The molecule has 4 heteroatoms. The summed E-state index contributed by atoms with van der Waals surface area (Å²) in [7, 11) is 0. The summed E-state index contributed by atoms with van der Waals surface area (Å²) in [6, 6.07) is 10.7. The summed E-state index contributed by atoms with van der Waals surface area (Å²) in [5.74, 6) is 0. The summed E-state index contributed by atoms with van der Waals surface area (Å²) in [5.41, 5.74) is 0.797. The van der Waals surface area contributed by atoms with Crippen molar-refractivity contribution in [2.24, 2.45) is 0 Å². The Kier molecular flexibility index (Phi) is 8.27. The van der Waals surface area contributed by atoms with E-state index < -0.39 is 11.7 Å². The van der Waals surface area contributed by atoms with Crippen LogP contribution in [0, 0.1) is 0 Å². The highest BCUT2D eigenvalue weighted by atomic mass is 16.6. The smallest absolute Gasteiger partial charge is 0.411 e. The van der Waals surface area contributed by atoms with Crippen LogP contribution < -0.4 is 5.32 Å². The van der Waals surface area contributed by atoms with E-state index in [4.69, 9.17) is 4.74 Å². The summed E-state index contributed by atoms with van der Waals surface area (Å²) >= 11 is 0. The topological polar surface area (TPSA) is 41.6 Å². The molecule has 0 bridgehead atoms. The normalized spacial score (nSPS) is 13.0. The highest BCUT2D eigenvalue weighted by molar-refractivity contribution is 5.68. The number of carbonyl (C=O) groups is 1. The van der Waals surface area contributed by atoms with Gasteiger partial charge in [-0.05, 0) is 39.7 Å². The van der Waals surface area contributed by atoms with Crippen LogP contribution in [0.3, 0.4) is 0 Å². The molecule has 1 aromatic rings. The van der Waals surface area contributed by atoms with Gasteiger partial charge in [0, 0.05) is 25.3 Å². The second kappa shape index (κ2) is 9.93. The number of benzene rings is 1. The van der Waals surface area contributed by atoms with Crippen molar-refractivity contribution in [2.75, 3.05) is 6.54 Å². The standard InChI is InChI=1S/C20H30N2O2/c1-6-17(2)22(16-18-12-8-7-9-13-18)15-11-10-14-21-19(23)24-20(3,4)5/h6-10,12-14,17H,1,11,15-16H2,2-5H3,(H,21,23)/t17-/m0/s1. The van der Waals surface area contributed by atoms with Crippen LogP contribution in [-0.4, -0.2) is 29.2 Å². The van der Waals surface area contributed by atoms with Crippen LogP contribution in [0.2, 0.25) is 0 Å². The van der Waals surface area contributed by atoms with Crippen molar-refractivity contribution in [1.29, 1.82) is 0 Å². The van der Waals surface area contributed by atoms with E-state index in [2.05, 4.69) is 48.0 Å². The monoisotopic (exact) mass is 330 g/mol. The average Bonchev–Trinajstić information content (AvgIpc) is 2.52. The second-order valence-corrected chi connectivity index (χ2v) is 6.77. The summed E-state index contributed by atoms with van der Waals surface area (Å²) in [6.45, 7) is 13.3. The fraction of sp³-hybridized carbons (Fsp3) is 0.450. The Balaban J connectivity index is 2.44. The lowest BCUT2D eigenvalue weighted by Crippen LogP contribution is -2.32. The zero-order valence-electron chi connectivity index (χ0n) is 15.3. The van der Waals surface area contributed by atoms with Crippen molar-refractivity contribution in [2.45, 2.75) is 52.3 Å². The zero-order valence-corrected chi connectivity index (χ0v) is 15.3. The summed E-state index contributed by atoms with van der Waals surface area (Å²) in [5, 5.41) is 2.63. The Morgan fingerprint density at radius 1 is 1.33 bits per heavy atom. The first-order chi connectivity index (χ1) is 11.3. The maximum atomic E-state index is 11.5. The Hall–Kier alpha value is -2.07. The molecule has 0 fully saturated rings. The number of hydrogen-bond donors (Lipinski definition) is 1. The molecule has 132 valence electrons. The van der Waals surface area contributed by atoms with Gasteiger partial charge in [-0.3, -0.25) is 10.2 Å². The molecule has 0 heterocycles. The Morgan fingerprint density at radius 2 is 2.00 bits per heavy atom. The highest BCUT2D eigenvalue weighted by Crippen LogP contribution is 2.10. The molecule has 0 aliphatic carbocycles. The lowest BCUT2D eigenvalue weighted by molar-refractivity contribution is 0.0552. The van der Waals surface area contributed by atoms with E-state index in [0.29, 0.717) is 0 Å². The molecule has 1 rings (SSSR count). The largest absolute Gasteiger partial charge is 0.444 e. The molecule has 0 aromatic heterocycles. The number of nitrogens with zero attached hydrogens (tertiary/aromatic N) is 1. The fourth-order valence-corrected chi connectivity index (χ4v) is 2.15. The fourth-order valence-electron chi connectivity index (χ4n) is 2.15. The number of amides is 1. The van der Waals surface area contributed by atoms with E-state index in [1.54, 1.807) is 6.20 Å². The van der Waals surface area contributed by atoms with Gasteiger partial charge in [-0.15, -0.1) is 6.58 Å². The van der Waals surface area contributed by atoms with Gasteiger partial charge in [0.1, 0.15) is 5.60 Å². The number of ether oxygens (including phenoxy) is 1. The molecule has 24 heavy (non-hydrogen) atoms. The maximum absolute atomic E-state index is 11.5. The Bertz CT molecular complexity index is 532. The van der Waals surface area contributed by atoms with Crippen LogP contribution in [0.1, 0.15) is 39.7 Å². The lowest BCUT2D eigenvalue weighted by atomic mass is 10.1. The van der Waals surface area contributed by atoms with E-state index in [1.807, 2.05) is 39.0 Å². The number of hydrogen-bond acceptors (Lipinski definition) is 3. The van der Waals surface area contributed by atoms with E-state index in [0.717, 1.165) is 19.5 Å². The molecular formula is C20H30N2O2. The third kappa shape index (κ3) is 8.53. The molecule has 1 N–H and O–H groups in total. The first-order valence-electron chi connectivity index (χ1n) is 8.37. The predicted molar refractivity (Wildman–Crippen MR) is 99.6 cm³/mol. The van der Waals surface area contributed by atoms with Gasteiger partial charge < -0.3 is 4.74 Å². The highest BCUT2D eigenvalue weighted by Gasteiger charge is 2.15. The first kappa shape index (κ1) is 20.0. The van der Waals surface area contributed by atoms with Crippen LogP contribution in [0.15, 0.2) is 55.3 Å². The molecule has 0 aliphatic heterocycles. The molecule has 0 saturated heterocycles. The molecule has 1 atom stereocenters. The third-order valence-corrected chi connectivity index (χ3v) is 3.45. The van der Waals surface area contributed by atoms with Crippen LogP contribution in [0.25, 0.3) is 0 Å². The average molecular weight is 330 g/mol. The number of rotatable bonds is 8. The van der Waals surface area contributed by atoms with Gasteiger partial charge in [0.05, 0.1) is 0 Å². The van der Waals surface area contributed by atoms with E-state index in [-0.39, 0.29) is 6.04 Å². The molecule has 1 aromatic carbocycles. The molecule has 1 amide bonds. The van der Waals surface area contributed by atoms with Gasteiger partial charge in [-0.1, -0.05) is 42.5 Å². The van der Waals surface area contributed by atoms with Crippen LogP contribution in [-0.2, 0) is 11.3 Å². The Labute approximate surface area is 146 Å². The van der Waals surface area contributed by atoms with Crippen molar-refractivity contribution >= 4 is 6.09 Å². The van der Waals surface area contributed by atoms with Crippen molar-refractivity contribution in [3.63, 3.8) is 0 Å². The maximum Gasteiger partial charge on any atom is 0.411 e. The first-order valence-corrected chi connectivity index (χ1v) is 8.37. The molecular weight excluding hydrogens is 300 g/mol. The van der Waals surface area contributed by atoms with E-state index in [1.165, 1.54) is 5.56 Å². The summed E-state index contributed by atoms with van der Waals surface area (Å²) in [4.78, 5) is 13.9. The van der Waals surface area contributed by atoms with Crippen LogP contribution in [0.5, 0.6) is 0 Å². The van der Waals surface area contributed by atoms with Gasteiger partial charge in [0.2, 0.25) is 0 Å². The van der Waals surface area contributed by atoms with Gasteiger partial charge in [0.25, 0.3) is 0 Å². The van der Waals surface area contributed by atoms with Crippen molar-refractivity contribution in [3.8, 4) is 0 Å². The molecule has 0 aliphatic rings. The lowest BCUT2D eigenvalue weighted by Gasteiger charge is -2.26. The number of nitrogens with one attached hydrogen (secondary N) is 1. The van der Waals surface area contributed by atoms with Gasteiger partial charge in [-0.2, -0.15) is 0 Å². The minimum absolute atomic E-state index is 0.289. The molecule has 0 unspecified atom stereocenters. The second-order valence-electron chi connectivity index (χ2n) is 6.77. The van der Waals surface area contributed by atoms with Crippen LogP contribution >= 0.6 is 0 Å². The Morgan fingerprint density at radius 3 is 2.58 bits per heavy atom. The minimum Gasteiger partial charge on any atom is -0.444 e. The SMILES string of the molecule is C=C[C@H](C)N(CCC=CNC(=O)OC(C)(C)C)Cc1ccccc1. The molecule has 4 nitrogen and oxygen atoms in total. The minimum atomic E-state index is -0.482. The van der Waals surface area contributed by atoms with Crippen molar-refractivity contribution in [3.05, 3.63) is 60.8 Å². The van der Waals surface area contributed by atoms with Crippen LogP contribution in [0.4, 0.5) is 4.79 Å². The van der Waals surface area contributed by atoms with Gasteiger partial charge >= 0.3 is 6.09 Å². The summed E-state index contributed by atoms with van der Waals surface area (Å²) < 4.78 is 5.18. The van der Waals surface area contributed by atoms with E-state index in [9.17, 15) is 4.79 Å². The third-order valence-electron chi connectivity index (χ3n) is 3.45. The molecule has 0 spiro atoms. The molecule has 0 saturated carbocycles. The zero-order chi connectivity index (χ0) is 18.0. The number of carbonyl (C=O) groups excluding carboxylic acids is 1. The quantitative estimate of drug-likeness (QED) is 0.714. The summed E-state index contributed by atoms with van der Waals surface area (Å²) in [6.07, 6.45) is 5.94. The number of alkyl carbamates (subject to hydrolysis) is 1. The predicted octanol–water partition coefficient (Wildman–Crippen LogP) is 4.49. The van der Waals surface area contributed by atoms with E-state index >= 15 is 0 Å². The van der Waals surface area contributed by atoms with Crippen molar-refractivity contribution < 1.29 is 9.53 Å². The van der Waals surface area contributed by atoms with Gasteiger partial charge in [0.15, 0.2) is 0 Å².